The lowest BCUT2D eigenvalue weighted by Gasteiger charge is -2.44. The van der Waals surface area contributed by atoms with Crippen molar-refractivity contribution in [2.24, 2.45) is 0 Å². The van der Waals surface area contributed by atoms with Crippen molar-refractivity contribution in [3.63, 3.8) is 0 Å². The number of nitrogens with zero attached hydrogens (tertiary/aromatic N) is 9. The van der Waals surface area contributed by atoms with E-state index in [4.69, 9.17) is 5.10 Å². The van der Waals surface area contributed by atoms with Crippen molar-refractivity contribution in [3.8, 4) is 0 Å². The van der Waals surface area contributed by atoms with Crippen LogP contribution in [0.1, 0.15) is 30.4 Å². The zero-order valence-electron chi connectivity index (χ0n) is 15.8. The lowest BCUT2D eigenvalue weighted by Crippen LogP contribution is -2.58. The van der Waals surface area contributed by atoms with Gasteiger partial charge in [0.15, 0.2) is 17.3 Å². The first-order valence-electron chi connectivity index (χ1n) is 9.26. The molecule has 10 heteroatoms. The number of hydrogen-bond donors (Lipinski definition) is 0. The van der Waals surface area contributed by atoms with Crippen molar-refractivity contribution >= 4 is 28.1 Å². The lowest BCUT2D eigenvalue weighted by atomic mass is 10.1. The topological polar surface area (TPSA) is 78.6 Å². The second kappa shape index (κ2) is 6.38. The molecule has 1 saturated carbocycles. The number of likely N-dealkylation sites (N-methyl/N-ethyl adjacent to an activating group) is 1. The Hall–Kier alpha value is -2.33. The summed E-state index contributed by atoms with van der Waals surface area (Å²) in [5, 5.41) is 14.3. The molecule has 142 valence electrons. The Morgan fingerprint density at radius 3 is 2.67 bits per heavy atom. The number of aromatic nitrogens is 6. The van der Waals surface area contributed by atoms with Gasteiger partial charge in [-0.3, -0.25) is 4.90 Å². The predicted molar refractivity (Wildman–Crippen MR) is 104 cm³/mol. The van der Waals surface area contributed by atoms with Crippen LogP contribution in [-0.2, 0) is 6.54 Å². The van der Waals surface area contributed by atoms with E-state index < -0.39 is 0 Å². The van der Waals surface area contributed by atoms with E-state index in [1.165, 1.54) is 24.4 Å². The molecule has 0 unspecified atom stereocenters. The normalized spacial score (nSPS) is 17.7. The Labute approximate surface area is 161 Å². The van der Waals surface area contributed by atoms with E-state index in [2.05, 4.69) is 36.4 Å². The van der Waals surface area contributed by atoms with Crippen LogP contribution in [0.3, 0.4) is 0 Å². The Balaban J connectivity index is 1.23. The molecule has 3 aromatic heterocycles. The molecule has 1 saturated heterocycles. The molecule has 0 amide bonds. The molecule has 0 N–H and O–H groups in total. The van der Waals surface area contributed by atoms with Crippen molar-refractivity contribution in [3.05, 3.63) is 23.8 Å². The van der Waals surface area contributed by atoms with Gasteiger partial charge in [0.05, 0.1) is 6.54 Å². The Bertz CT molecular complexity index is 954. The molecule has 0 atom stereocenters. The summed E-state index contributed by atoms with van der Waals surface area (Å²) in [6, 6.07) is 4.54. The van der Waals surface area contributed by atoms with Gasteiger partial charge in [-0.15, -0.1) is 15.3 Å². The lowest BCUT2D eigenvalue weighted by molar-refractivity contribution is 0.193. The van der Waals surface area contributed by atoms with Crippen LogP contribution < -0.4 is 9.80 Å². The highest BCUT2D eigenvalue weighted by molar-refractivity contribution is 7.09. The first-order chi connectivity index (χ1) is 13.1. The molecule has 0 aromatic carbocycles. The Morgan fingerprint density at radius 2 is 1.96 bits per heavy atom. The highest BCUT2D eigenvalue weighted by Gasteiger charge is 2.33. The van der Waals surface area contributed by atoms with Gasteiger partial charge in [0.2, 0.25) is 5.13 Å². The molecule has 3 aromatic rings. The maximum Gasteiger partial charge on any atom is 0.204 e. The summed E-state index contributed by atoms with van der Waals surface area (Å²) < 4.78 is 6.38. The zero-order chi connectivity index (χ0) is 18.5. The minimum absolute atomic E-state index is 0.484. The number of anilines is 2. The van der Waals surface area contributed by atoms with Crippen molar-refractivity contribution in [1.29, 1.82) is 0 Å². The fraction of sp³-hybridized carbons (Fsp3) is 0.588. The quantitative estimate of drug-likeness (QED) is 0.627. The van der Waals surface area contributed by atoms with Crippen LogP contribution in [0.15, 0.2) is 12.1 Å². The molecule has 2 fully saturated rings. The maximum atomic E-state index is 4.79. The van der Waals surface area contributed by atoms with Gasteiger partial charge in [0.1, 0.15) is 5.82 Å². The molecule has 0 spiro atoms. The van der Waals surface area contributed by atoms with Gasteiger partial charge in [-0.25, -0.2) is 4.98 Å². The summed E-state index contributed by atoms with van der Waals surface area (Å²) in [5.74, 6) is 3.43. The van der Waals surface area contributed by atoms with Gasteiger partial charge in [-0.2, -0.15) is 8.89 Å². The van der Waals surface area contributed by atoms with Crippen LogP contribution in [-0.4, -0.2) is 74.3 Å². The van der Waals surface area contributed by atoms with E-state index in [9.17, 15) is 0 Å². The zero-order valence-corrected chi connectivity index (χ0v) is 16.6. The minimum Gasteiger partial charge on any atom is -0.353 e. The molecular formula is C17H23N9S. The van der Waals surface area contributed by atoms with Gasteiger partial charge < -0.3 is 9.80 Å². The van der Waals surface area contributed by atoms with Crippen LogP contribution in [0.2, 0.25) is 0 Å². The molecule has 1 aliphatic heterocycles. The number of rotatable bonds is 6. The summed E-state index contributed by atoms with van der Waals surface area (Å²) >= 11 is 1.45. The first kappa shape index (κ1) is 16.8. The monoisotopic (exact) mass is 385 g/mol. The Morgan fingerprint density at radius 1 is 1.15 bits per heavy atom. The van der Waals surface area contributed by atoms with Crippen LogP contribution >= 0.6 is 11.5 Å². The summed E-state index contributed by atoms with van der Waals surface area (Å²) in [4.78, 5) is 11.2. The molecule has 5 rings (SSSR count). The summed E-state index contributed by atoms with van der Waals surface area (Å²) in [6.45, 7) is 2.69. The summed E-state index contributed by atoms with van der Waals surface area (Å²) in [7, 11) is 6.12. The predicted octanol–water partition coefficient (Wildman–Crippen LogP) is 1.24. The molecule has 1 aliphatic carbocycles. The van der Waals surface area contributed by atoms with Crippen molar-refractivity contribution in [2.75, 3.05) is 44.0 Å². The smallest absolute Gasteiger partial charge is 0.204 e. The standard InChI is InChI=1S/C17H23N9S/c1-23(2)17-18-13(22-27-17)10-24(3)12-8-25(9-12)15-7-6-14-19-20-16(11-4-5-11)26(14)21-15/h6-7,11-12H,4-5,8-10H2,1-3H3. The molecule has 4 heterocycles. The van der Waals surface area contributed by atoms with E-state index in [0.717, 1.165) is 47.9 Å². The van der Waals surface area contributed by atoms with E-state index in [1.807, 2.05) is 35.6 Å². The van der Waals surface area contributed by atoms with Crippen LogP contribution in [0.5, 0.6) is 0 Å². The van der Waals surface area contributed by atoms with E-state index in [-0.39, 0.29) is 0 Å². The first-order valence-corrected chi connectivity index (χ1v) is 10.0. The molecule has 27 heavy (non-hydrogen) atoms. The van der Waals surface area contributed by atoms with E-state index in [1.54, 1.807) is 0 Å². The van der Waals surface area contributed by atoms with E-state index >= 15 is 0 Å². The average Bonchev–Trinajstić information content (AvgIpc) is 3.18. The summed E-state index contributed by atoms with van der Waals surface area (Å²) in [5.41, 5.74) is 0.834. The number of fused-ring (bicyclic) bond motifs is 1. The second-order valence-corrected chi connectivity index (χ2v) is 8.39. The van der Waals surface area contributed by atoms with Gasteiger partial charge in [-0.05, 0) is 32.0 Å². The van der Waals surface area contributed by atoms with Crippen LogP contribution in [0.25, 0.3) is 5.65 Å². The summed E-state index contributed by atoms with van der Waals surface area (Å²) in [6.07, 6.45) is 2.40. The van der Waals surface area contributed by atoms with E-state index in [0.29, 0.717) is 12.0 Å². The molecule has 2 aliphatic rings. The minimum atomic E-state index is 0.484. The number of hydrogen-bond acceptors (Lipinski definition) is 9. The van der Waals surface area contributed by atoms with Gasteiger partial charge in [0, 0.05) is 50.7 Å². The highest BCUT2D eigenvalue weighted by atomic mass is 32.1. The third-order valence-electron chi connectivity index (χ3n) is 5.26. The molecule has 0 bridgehead atoms. The van der Waals surface area contributed by atoms with Crippen LogP contribution in [0.4, 0.5) is 10.9 Å². The molecule has 0 radical (unpaired) electrons. The largest absolute Gasteiger partial charge is 0.353 e. The fourth-order valence-corrected chi connectivity index (χ4v) is 3.92. The average molecular weight is 386 g/mol. The van der Waals surface area contributed by atoms with Gasteiger partial charge in [0.25, 0.3) is 0 Å². The second-order valence-electron chi connectivity index (χ2n) is 7.66. The molecule has 9 nitrogen and oxygen atoms in total. The highest BCUT2D eigenvalue weighted by Crippen LogP contribution is 2.38. The SMILES string of the molecule is CN(C)c1nc(CN(C)C2CN(c3ccc4nnc(C5CC5)n4n3)C2)ns1. The van der Waals surface area contributed by atoms with Crippen molar-refractivity contribution < 1.29 is 0 Å². The van der Waals surface area contributed by atoms with Gasteiger partial charge in [-0.1, -0.05) is 0 Å². The van der Waals surface area contributed by atoms with Crippen molar-refractivity contribution in [1.82, 2.24) is 34.1 Å². The van der Waals surface area contributed by atoms with Gasteiger partial charge >= 0.3 is 0 Å². The van der Waals surface area contributed by atoms with Crippen LogP contribution in [0, 0.1) is 0 Å². The fourth-order valence-electron chi connectivity index (χ4n) is 3.32. The van der Waals surface area contributed by atoms with Crippen molar-refractivity contribution in [2.45, 2.75) is 31.3 Å². The third kappa shape index (κ3) is 3.12. The molecular weight excluding hydrogens is 362 g/mol. The third-order valence-corrected chi connectivity index (χ3v) is 6.18. The maximum absolute atomic E-state index is 4.79. The Kier molecular flexibility index (Phi) is 3.97.